The highest BCUT2D eigenvalue weighted by Gasteiger charge is 2.33. The number of methoxy groups -OCH3 is 1. The first-order valence-electron chi connectivity index (χ1n) is 8.48. The number of hydrogen-bond acceptors (Lipinski definition) is 5. The lowest BCUT2D eigenvalue weighted by Crippen LogP contribution is -2.30. The van der Waals surface area contributed by atoms with Crippen LogP contribution in [0.4, 0.5) is 0 Å². The normalized spacial score (nSPS) is 16.1. The lowest BCUT2D eigenvalue weighted by Gasteiger charge is -2.23. The van der Waals surface area contributed by atoms with Crippen LogP contribution in [-0.4, -0.2) is 29.7 Å². The monoisotopic (exact) mass is 385 g/mol. The molecule has 0 bridgehead atoms. The zero-order valence-electron chi connectivity index (χ0n) is 14.7. The maximum absolute atomic E-state index is 12.6. The smallest absolute Gasteiger partial charge is 0.243 e. The quantitative estimate of drug-likeness (QED) is 0.765. The highest BCUT2D eigenvalue weighted by atomic mass is 35.5. The molecule has 1 amide bonds. The number of carboxylic acids is 1. The van der Waals surface area contributed by atoms with E-state index in [1.807, 2.05) is 42.5 Å². The van der Waals surface area contributed by atoms with Gasteiger partial charge in [-0.25, -0.2) is 5.01 Å². The van der Waals surface area contributed by atoms with Crippen LogP contribution in [0, 0.1) is 0 Å². The van der Waals surface area contributed by atoms with E-state index in [2.05, 4.69) is 5.10 Å². The second kappa shape index (κ2) is 8.22. The van der Waals surface area contributed by atoms with Crippen LogP contribution < -0.4 is 9.84 Å². The number of amides is 1. The maximum atomic E-state index is 12.6. The number of benzene rings is 2. The number of hydrogen-bond donors (Lipinski definition) is 0. The minimum Gasteiger partial charge on any atom is -0.550 e. The van der Waals surface area contributed by atoms with Crippen molar-refractivity contribution in [1.82, 2.24) is 5.01 Å². The Labute approximate surface area is 162 Å². The Hall–Kier alpha value is -2.86. The zero-order chi connectivity index (χ0) is 19.4. The predicted octanol–water partition coefficient (Wildman–Crippen LogP) is 2.56. The van der Waals surface area contributed by atoms with Crippen molar-refractivity contribution in [3.63, 3.8) is 0 Å². The van der Waals surface area contributed by atoms with E-state index in [9.17, 15) is 14.7 Å². The van der Waals surface area contributed by atoms with E-state index in [1.54, 1.807) is 13.2 Å². The van der Waals surface area contributed by atoms with Crippen LogP contribution in [-0.2, 0) is 9.59 Å². The molecule has 0 unspecified atom stereocenters. The van der Waals surface area contributed by atoms with Gasteiger partial charge in [0.2, 0.25) is 5.91 Å². The van der Waals surface area contributed by atoms with E-state index in [1.165, 1.54) is 5.01 Å². The topological polar surface area (TPSA) is 82.0 Å². The summed E-state index contributed by atoms with van der Waals surface area (Å²) in [6, 6.07) is 14.3. The van der Waals surface area contributed by atoms with Crippen molar-refractivity contribution < 1.29 is 19.4 Å². The van der Waals surface area contributed by atoms with Crippen LogP contribution in [0.3, 0.4) is 0 Å². The summed E-state index contributed by atoms with van der Waals surface area (Å²) in [5, 5.41) is 17.1. The van der Waals surface area contributed by atoms with Crippen LogP contribution in [0.5, 0.6) is 5.75 Å². The minimum atomic E-state index is -1.27. The van der Waals surface area contributed by atoms with Gasteiger partial charge in [-0.05, 0) is 47.9 Å². The lowest BCUT2D eigenvalue weighted by molar-refractivity contribution is -0.305. The summed E-state index contributed by atoms with van der Waals surface area (Å²) in [5.41, 5.74) is 2.36. The molecule has 0 saturated heterocycles. The van der Waals surface area contributed by atoms with Gasteiger partial charge in [0.05, 0.1) is 18.9 Å². The summed E-state index contributed by atoms with van der Waals surface area (Å²) < 4.78 is 5.17. The molecule has 3 rings (SSSR count). The zero-order valence-corrected chi connectivity index (χ0v) is 15.5. The van der Waals surface area contributed by atoms with Gasteiger partial charge in [0.1, 0.15) is 5.75 Å². The fourth-order valence-electron chi connectivity index (χ4n) is 3.01. The molecule has 7 heteroatoms. The van der Waals surface area contributed by atoms with E-state index >= 15 is 0 Å². The maximum Gasteiger partial charge on any atom is 0.243 e. The number of nitrogens with zero attached hydrogens (tertiary/aromatic N) is 2. The van der Waals surface area contributed by atoms with Crippen LogP contribution in [0.15, 0.2) is 53.6 Å². The fraction of sp³-hybridized carbons (Fsp3) is 0.250. The van der Waals surface area contributed by atoms with Gasteiger partial charge in [-0.2, -0.15) is 5.10 Å². The molecule has 0 N–H and O–H groups in total. The van der Waals surface area contributed by atoms with E-state index in [0.717, 1.165) is 22.6 Å². The highest BCUT2D eigenvalue weighted by molar-refractivity contribution is 6.31. The van der Waals surface area contributed by atoms with Gasteiger partial charge in [-0.3, -0.25) is 4.79 Å². The molecule has 0 aromatic heterocycles. The van der Waals surface area contributed by atoms with Crippen LogP contribution >= 0.6 is 11.6 Å². The molecule has 1 heterocycles. The third kappa shape index (κ3) is 4.28. The second-order valence-electron chi connectivity index (χ2n) is 6.13. The molecular weight excluding hydrogens is 368 g/mol. The van der Waals surface area contributed by atoms with Gasteiger partial charge in [0.15, 0.2) is 0 Å². The first kappa shape index (κ1) is 18.9. The number of carbonyl (C=O) groups is 2. The van der Waals surface area contributed by atoms with Crippen molar-refractivity contribution in [3.05, 3.63) is 64.7 Å². The standard InChI is InChI=1S/C20H19ClN2O4/c1-27-14-8-6-13(7-9-14)17-12-18(15-4-2-3-5-16(15)21)23(22-17)19(24)10-11-20(25)26/h2-9,18H,10-12H2,1H3,(H,25,26)/p-1/t18-/m1/s1. The number of ether oxygens (including phenoxy) is 1. The molecule has 1 aliphatic rings. The molecule has 0 radical (unpaired) electrons. The highest BCUT2D eigenvalue weighted by Crippen LogP contribution is 2.36. The Morgan fingerprint density at radius 1 is 1.19 bits per heavy atom. The average molecular weight is 386 g/mol. The third-order valence-electron chi connectivity index (χ3n) is 4.40. The first-order chi connectivity index (χ1) is 13.0. The molecule has 1 atom stereocenters. The molecule has 27 heavy (non-hydrogen) atoms. The summed E-state index contributed by atoms with van der Waals surface area (Å²) >= 11 is 6.33. The summed E-state index contributed by atoms with van der Waals surface area (Å²) in [6.45, 7) is 0. The Morgan fingerprint density at radius 3 is 2.52 bits per heavy atom. The summed E-state index contributed by atoms with van der Waals surface area (Å²) in [4.78, 5) is 23.3. The van der Waals surface area contributed by atoms with E-state index in [0.29, 0.717) is 11.4 Å². The third-order valence-corrected chi connectivity index (χ3v) is 4.74. The Balaban J connectivity index is 1.91. The summed E-state index contributed by atoms with van der Waals surface area (Å²) in [6.07, 6.45) is -0.0479. The molecular formula is C20H18ClN2O4-. The van der Waals surface area contributed by atoms with Crippen molar-refractivity contribution in [3.8, 4) is 5.75 Å². The van der Waals surface area contributed by atoms with Gasteiger partial charge in [0, 0.05) is 23.8 Å². The number of aliphatic carboxylic acids is 1. The summed E-state index contributed by atoms with van der Waals surface area (Å²) in [5.74, 6) is -0.925. The molecule has 0 spiro atoms. The molecule has 0 saturated carbocycles. The molecule has 2 aromatic rings. The number of rotatable bonds is 6. The lowest BCUT2D eigenvalue weighted by atomic mass is 9.98. The summed E-state index contributed by atoms with van der Waals surface area (Å²) in [7, 11) is 1.59. The van der Waals surface area contributed by atoms with Crippen LogP contribution in [0.25, 0.3) is 0 Å². The average Bonchev–Trinajstić information content (AvgIpc) is 3.11. The molecule has 0 aliphatic carbocycles. The van der Waals surface area contributed by atoms with Gasteiger partial charge < -0.3 is 14.6 Å². The van der Waals surface area contributed by atoms with Gasteiger partial charge in [0.25, 0.3) is 0 Å². The van der Waals surface area contributed by atoms with E-state index in [4.69, 9.17) is 16.3 Å². The Morgan fingerprint density at radius 2 is 1.89 bits per heavy atom. The van der Waals surface area contributed by atoms with Gasteiger partial charge in [-0.15, -0.1) is 0 Å². The SMILES string of the molecule is COc1ccc(C2=NN(C(=O)CCC(=O)[O-])[C@@H](c3ccccc3Cl)C2)cc1. The van der Waals surface area contributed by atoms with Crippen molar-refractivity contribution >= 4 is 29.2 Å². The van der Waals surface area contributed by atoms with Crippen molar-refractivity contribution in [2.24, 2.45) is 5.10 Å². The van der Waals surface area contributed by atoms with Crippen molar-refractivity contribution in [2.45, 2.75) is 25.3 Å². The van der Waals surface area contributed by atoms with Crippen molar-refractivity contribution in [1.29, 1.82) is 0 Å². The Bertz CT molecular complexity index is 880. The van der Waals surface area contributed by atoms with E-state index in [-0.39, 0.29) is 24.8 Å². The minimum absolute atomic E-state index is 0.178. The number of carboxylic acid groups (broad SMARTS) is 1. The fourth-order valence-corrected chi connectivity index (χ4v) is 3.27. The molecule has 1 aliphatic heterocycles. The van der Waals surface area contributed by atoms with Crippen LogP contribution in [0.2, 0.25) is 5.02 Å². The number of hydrazone groups is 1. The largest absolute Gasteiger partial charge is 0.550 e. The molecule has 2 aromatic carbocycles. The van der Waals surface area contributed by atoms with Crippen molar-refractivity contribution in [2.75, 3.05) is 7.11 Å². The molecule has 140 valence electrons. The van der Waals surface area contributed by atoms with Crippen LogP contribution in [0.1, 0.15) is 36.4 Å². The predicted molar refractivity (Wildman–Crippen MR) is 99.4 cm³/mol. The van der Waals surface area contributed by atoms with Gasteiger partial charge >= 0.3 is 0 Å². The molecule has 6 nitrogen and oxygen atoms in total. The molecule has 0 fully saturated rings. The van der Waals surface area contributed by atoms with Gasteiger partial charge in [-0.1, -0.05) is 29.8 Å². The first-order valence-corrected chi connectivity index (χ1v) is 8.85. The second-order valence-corrected chi connectivity index (χ2v) is 6.53. The number of halogens is 1. The number of carbonyl (C=O) groups excluding carboxylic acids is 2. The Kier molecular flexibility index (Phi) is 5.76. The van der Waals surface area contributed by atoms with E-state index < -0.39 is 5.97 Å².